The van der Waals surface area contributed by atoms with Crippen LogP contribution in [0.2, 0.25) is 6.32 Å². The van der Waals surface area contributed by atoms with Crippen LogP contribution in [0.25, 0.3) is 5.57 Å². The third-order valence-electron chi connectivity index (χ3n) is 4.30. The molecular formula is C16H21BF2O2. The Labute approximate surface area is 125 Å². The Balaban J connectivity index is 2.20. The molecule has 0 N–H and O–H groups in total. The summed E-state index contributed by atoms with van der Waals surface area (Å²) in [6, 6.07) is 7.05. The topological polar surface area (TPSA) is 18.5 Å². The van der Waals surface area contributed by atoms with E-state index in [1.165, 1.54) is 0 Å². The summed E-state index contributed by atoms with van der Waals surface area (Å²) in [6.07, 6.45) is -1.65. The van der Waals surface area contributed by atoms with Crippen molar-refractivity contribution >= 4 is 12.7 Å². The minimum Gasteiger partial charge on any atom is -0.403 e. The third kappa shape index (κ3) is 3.35. The molecule has 1 aromatic rings. The lowest BCUT2D eigenvalue weighted by Gasteiger charge is -2.32. The monoisotopic (exact) mass is 294 g/mol. The predicted molar refractivity (Wildman–Crippen MR) is 81.2 cm³/mol. The molecule has 1 fully saturated rings. The number of halogens is 2. The van der Waals surface area contributed by atoms with Crippen molar-refractivity contribution in [3.8, 4) is 0 Å². The summed E-state index contributed by atoms with van der Waals surface area (Å²) >= 11 is 0. The molecule has 0 spiro atoms. The lowest BCUT2D eigenvalue weighted by Crippen LogP contribution is -2.41. The lowest BCUT2D eigenvalue weighted by molar-refractivity contribution is 0.00578. The minimum absolute atomic E-state index is 0.0199. The molecular weight excluding hydrogens is 273 g/mol. The smallest absolute Gasteiger partial charge is 0.403 e. The molecule has 2 rings (SSSR count). The molecule has 2 nitrogen and oxygen atoms in total. The van der Waals surface area contributed by atoms with Gasteiger partial charge in [-0.2, -0.15) is 8.78 Å². The van der Waals surface area contributed by atoms with E-state index in [2.05, 4.69) is 0 Å². The van der Waals surface area contributed by atoms with Gasteiger partial charge in [0.1, 0.15) is 0 Å². The molecule has 5 heteroatoms. The number of hydrogen-bond donors (Lipinski definition) is 0. The van der Waals surface area contributed by atoms with Gasteiger partial charge in [0.25, 0.3) is 6.08 Å². The van der Waals surface area contributed by atoms with Crippen molar-refractivity contribution in [2.24, 2.45) is 0 Å². The second-order valence-corrected chi connectivity index (χ2v) is 6.49. The third-order valence-corrected chi connectivity index (χ3v) is 4.30. The van der Waals surface area contributed by atoms with E-state index in [4.69, 9.17) is 9.31 Å². The Morgan fingerprint density at radius 1 is 1.00 bits per heavy atom. The molecule has 1 aliphatic heterocycles. The van der Waals surface area contributed by atoms with Crippen LogP contribution in [0.1, 0.15) is 38.8 Å². The zero-order valence-corrected chi connectivity index (χ0v) is 13.2. The molecule has 1 aliphatic rings. The zero-order chi connectivity index (χ0) is 15.8. The number of rotatable bonds is 3. The molecule has 0 radical (unpaired) electrons. The molecule has 0 unspecified atom stereocenters. The molecule has 21 heavy (non-hydrogen) atoms. The van der Waals surface area contributed by atoms with E-state index in [1.807, 2.05) is 46.8 Å². The summed E-state index contributed by atoms with van der Waals surface area (Å²) in [4.78, 5) is 0. The average molecular weight is 294 g/mol. The molecule has 114 valence electrons. The van der Waals surface area contributed by atoms with Crippen molar-refractivity contribution in [2.75, 3.05) is 0 Å². The highest BCUT2D eigenvalue weighted by Gasteiger charge is 2.51. The quantitative estimate of drug-likeness (QED) is 0.753. The Kier molecular flexibility index (Phi) is 4.27. The van der Waals surface area contributed by atoms with E-state index in [9.17, 15) is 8.78 Å². The van der Waals surface area contributed by atoms with E-state index in [0.717, 1.165) is 5.56 Å². The Morgan fingerprint density at radius 2 is 1.48 bits per heavy atom. The second kappa shape index (κ2) is 5.54. The molecule has 0 bridgehead atoms. The van der Waals surface area contributed by atoms with Crippen LogP contribution in [-0.4, -0.2) is 18.3 Å². The van der Waals surface area contributed by atoms with Crippen LogP contribution in [-0.2, 0) is 9.31 Å². The van der Waals surface area contributed by atoms with Crippen LogP contribution < -0.4 is 0 Å². The van der Waals surface area contributed by atoms with E-state index in [0.29, 0.717) is 5.56 Å². The van der Waals surface area contributed by atoms with Crippen molar-refractivity contribution in [3.05, 3.63) is 41.5 Å². The summed E-state index contributed by atoms with van der Waals surface area (Å²) in [6.45, 7) is 9.57. The van der Waals surface area contributed by atoms with Crippen LogP contribution in [0.5, 0.6) is 0 Å². The van der Waals surface area contributed by atoms with Crippen molar-refractivity contribution in [1.82, 2.24) is 0 Å². The maximum Gasteiger partial charge on any atom is 0.462 e. The van der Waals surface area contributed by atoms with Crippen LogP contribution in [0.4, 0.5) is 8.78 Å². The summed E-state index contributed by atoms with van der Waals surface area (Å²) < 4.78 is 38.2. The Hall–Kier alpha value is -1.20. The van der Waals surface area contributed by atoms with Crippen LogP contribution in [0.15, 0.2) is 30.3 Å². The Bertz CT molecular complexity index is 530. The Morgan fingerprint density at radius 3 is 1.90 bits per heavy atom. The molecule has 0 amide bonds. The first kappa shape index (κ1) is 16.2. The summed E-state index contributed by atoms with van der Waals surface area (Å²) in [5, 5.41) is 0. The van der Waals surface area contributed by atoms with E-state index >= 15 is 0 Å². The van der Waals surface area contributed by atoms with Gasteiger partial charge in [-0.1, -0.05) is 29.8 Å². The highest BCUT2D eigenvalue weighted by atomic mass is 19.3. The minimum atomic E-state index is -1.69. The van der Waals surface area contributed by atoms with Crippen LogP contribution in [0.3, 0.4) is 0 Å². The van der Waals surface area contributed by atoms with E-state index in [-0.39, 0.29) is 11.9 Å². The van der Waals surface area contributed by atoms with Gasteiger partial charge < -0.3 is 9.31 Å². The van der Waals surface area contributed by atoms with Crippen LogP contribution in [0, 0.1) is 6.92 Å². The molecule has 0 saturated carbocycles. The van der Waals surface area contributed by atoms with Crippen molar-refractivity contribution in [2.45, 2.75) is 52.1 Å². The van der Waals surface area contributed by atoms with Gasteiger partial charge in [-0.15, -0.1) is 0 Å². The average Bonchev–Trinajstić information content (AvgIpc) is 2.55. The van der Waals surface area contributed by atoms with Gasteiger partial charge in [0, 0.05) is 11.9 Å². The number of aryl methyl sites for hydroxylation is 1. The molecule has 0 atom stereocenters. The molecule has 1 aromatic carbocycles. The van der Waals surface area contributed by atoms with Gasteiger partial charge in [-0.3, -0.25) is 0 Å². The second-order valence-electron chi connectivity index (χ2n) is 6.49. The van der Waals surface area contributed by atoms with Crippen molar-refractivity contribution < 1.29 is 18.1 Å². The first-order chi connectivity index (χ1) is 9.62. The molecule has 1 heterocycles. The standard InChI is InChI=1S/C16H21BF2O2/c1-11-6-8-12(9-7-11)13(14(18)19)10-17-20-15(2,3)16(4,5)21-17/h6-9H,10H2,1-5H3. The van der Waals surface area contributed by atoms with Crippen LogP contribution >= 0.6 is 0 Å². The molecule has 0 aromatic heterocycles. The van der Waals surface area contributed by atoms with Crippen molar-refractivity contribution in [3.63, 3.8) is 0 Å². The largest absolute Gasteiger partial charge is 0.462 e. The summed E-state index contributed by atoms with van der Waals surface area (Å²) in [5.41, 5.74) is 0.503. The maximum atomic E-state index is 13.3. The maximum absolute atomic E-state index is 13.3. The first-order valence-corrected chi connectivity index (χ1v) is 7.09. The van der Waals surface area contributed by atoms with Gasteiger partial charge in [-0.25, -0.2) is 0 Å². The van der Waals surface area contributed by atoms with Gasteiger partial charge >= 0.3 is 7.12 Å². The highest BCUT2D eigenvalue weighted by molar-refractivity contribution is 6.48. The van der Waals surface area contributed by atoms with E-state index in [1.54, 1.807) is 12.1 Å². The van der Waals surface area contributed by atoms with E-state index < -0.39 is 24.4 Å². The van der Waals surface area contributed by atoms with Gasteiger partial charge in [0.2, 0.25) is 0 Å². The lowest BCUT2D eigenvalue weighted by atomic mass is 9.78. The van der Waals surface area contributed by atoms with Crippen molar-refractivity contribution in [1.29, 1.82) is 0 Å². The highest BCUT2D eigenvalue weighted by Crippen LogP contribution is 2.40. The fourth-order valence-corrected chi connectivity index (χ4v) is 2.27. The normalized spacial score (nSPS) is 19.7. The predicted octanol–water partition coefficient (Wildman–Crippen LogP) is 4.69. The zero-order valence-electron chi connectivity index (χ0n) is 13.2. The summed E-state index contributed by atoms with van der Waals surface area (Å²) in [5.74, 6) is 0. The number of hydrogen-bond acceptors (Lipinski definition) is 2. The SMILES string of the molecule is Cc1ccc(C(CB2OC(C)(C)C(C)(C)O2)=C(F)F)cc1. The van der Waals surface area contributed by atoms with Gasteiger partial charge in [-0.05, 0) is 40.2 Å². The number of benzene rings is 1. The fourth-order valence-electron chi connectivity index (χ4n) is 2.27. The number of allylic oxidation sites excluding steroid dienone is 1. The molecule has 1 saturated heterocycles. The van der Waals surface area contributed by atoms with Gasteiger partial charge in [0.05, 0.1) is 11.2 Å². The van der Waals surface area contributed by atoms with Gasteiger partial charge in [0.15, 0.2) is 0 Å². The summed E-state index contributed by atoms with van der Waals surface area (Å²) in [7, 11) is -0.659. The molecule has 0 aliphatic carbocycles. The fraction of sp³-hybridized carbons (Fsp3) is 0.500. The first-order valence-electron chi connectivity index (χ1n) is 7.09.